The molecule has 4 nitrogen and oxygen atoms in total. The molecule has 0 bridgehead atoms. The Morgan fingerprint density at radius 2 is 1.49 bits per heavy atom. The van der Waals surface area contributed by atoms with E-state index >= 15 is 0 Å². The van der Waals surface area contributed by atoms with E-state index in [1.807, 2.05) is 36.4 Å². The summed E-state index contributed by atoms with van der Waals surface area (Å²) in [5.41, 5.74) is 0.156. The summed E-state index contributed by atoms with van der Waals surface area (Å²) in [6.07, 6.45) is 19.3. The second-order valence-electron chi connectivity index (χ2n) is 11.1. The third kappa shape index (κ3) is 10.7. The molecule has 1 N–H and O–H groups in total. The number of hydrogen-bond donors (Lipinski definition) is 1. The van der Waals surface area contributed by atoms with Gasteiger partial charge in [0.25, 0.3) is 0 Å². The van der Waals surface area contributed by atoms with Gasteiger partial charge < -0.3 is 14.6 Å². The van der Waals surface area contributed by atoms with Gasteiger partial charge >= 0.3 is 5.97 Å². The Bertz CT molecular complexity index is 795. The number of aliphatic carboxylic acids is 1. The predicted molar refractivity (Wildman–Crippen MR) is 149 cm³/mol. The molecule has 5 heteroatoms. The third-order valence-corrected chi connectivity index (χ3v) is 8.47. The average molecular weight is 501 g/mol. The van der Waals surface area contributed by atoms with Gasteiger partial charge in [0.2, 0.25) is 0 Å². The Hall–Kier alpha value is -1.85. The third-order valence-electron chi connectivity index (χ3n) is 6.61. The van der Waals surface area contributed by atoms with Gasteiger partial charge in [0.15, 0.2) is 0 Å². The molecule has 0 fully saturated rings. The van der Waals surface area contributed by atoms with Crippen LogP contribution in [0.2, 0.25) is 25.7 Å². The molecule has 1 aromatic carbocycles. The van der Waals surface area contributed by atoms with Crippen molar-refractivity contribution < 1.29 is 19.4 Å². The number of unbranched alkanes of at least 4 members (excludes halogenated alkanes) is 8. The Morgan fingerprint density at radius 3 is 2.14 bits per heavy atom. The molecule has 0 radical (unpaired) electrons. The first kappa shape index (κ1) is 29.4. The summed E-state index contributed by atoms with van der Waals surface area (Å²) in [5.74, 6) is -0.648. The first-order valence-corrected chi connectivity index (χ1v) is 17.5. The van der Waals surface area contributed by atoms with Crippen LogP contribution in [0.1, 0.15) is 76.7 Å². The van der Waals surface area contributed by atoms with Gasteiger partial charge in [-0.3, -0.25) is 4.79 Å². The van der Waals surface area contributed by atoms with Crippen molar-refractivity contribution in [3.63, 3.8) is 0 Å². The van der Waals surface area contributed by atoms with Crippen LogP contribution in [0, 0.1) is 5.92 Å². The van der Waals surface area contributed by atoms with Crippen LogP contribution in [-0.4, -0.2) is 32.4 Å². The van der Waals surface area contributed by atoms with Gasteiger partial charge in [-0.1, -0.05) is 114 Å². The van der Waals surface area contributed by atoms with Gasteiger partial charge in [0, 0.05) is 20.2 Å². The first-order valence-electron chi connectivity index (χ1n) is 13.8. The van der Waals surface area contributed by atoms with E-state index in [2.05, 4.69) is 26.6 Å². The monoisotopic (exact) mass is 500 g/mol. The van der Waals surface area contributed by atoms with Crippen molar-refractivity contribution in [3.05, 3.63) is 54.1 Å². The number of para-hydroxylation sites is 1. The number of carboxylic acids is 1. The predicted octanol–water partition coefficient (Wildman–Crippen LogP) is 8.36. The van der Waals surface area contributed by atoms with Crippen LogP contribution >= 0.6 is 0 Å². The van der Waals surface area contributed by atoms with Gasteiger partial charge in [-0.2, -0.15) is 0 Å². The highest BCUT2D eigenvalue weighted by atomic mass is 28.3. The zero-order valence-electron chi connectivity index (χ0n) is 22.6. The highest BCUT2D eigenvalue weighted by Gasteiger charge is 2.34. The van der Waals surface area contributed by atoms with Crippen LogP contribution in [0.25, 0.3) is 0 Å². The molecule has 1 aliphatic carbocycles. The van der Waals surface area contributed by atoms with E-state index in [9.17, 15) is 9.90 Å². The molecule has 0 atom stereocenters. The second-order valence-corrected chi connectivity index (χ2v) is 16.7. The molecular formula is C30H48O4Si. The molecule has 0 saturated heterocycles. The molecule has 0 unspecified atom stereocenters. The molecule has 35 heavy (non-hydrogen) atoms. The fourth-order valence-corrected chi connectivity index (χ4v) is 5.77. The van der Waals surface area contributed by atoms with Gasteiger partial charge in [-0.05, 0) is 31.1 Å². The van der Waals surface area contributed by atoms with Crippen molar-refractivity contribution in [2.45, 2.75) is 102 Å². The number of ether oxygens (including phenoxy) is 2. The van der Waals surface area contributed by atoms with E-state index in [1.54, 1.807) is 12.2 Å². The molecule has 0 heterocycles. The van der Waals surface area contributed by atoms with E-state index in [0.29, 0.717) is 13.2 Å². The van der Waals surface area contributed by atoms with Gasteiger partial charge in [0.1, 0.15) is 11.4 Å². The van der Waals surface area contributed by atoms with E-state index < -0.39 is 25.6 Å². The van der Waals surface area contributed by atoms with Crippen LogP contribution in [0.5, 0.6) is 5.75 Å². The lowest BCUT2D eigenvalue weighted by Gasteiger charge is -2.32. The molecule has 196 valence electrons. The summed E-state index contributed by atoms with van der Waals surface area (Å²) in [6.45, 7) is 10.8. The Kier molecular flexibility index (Phi) is 12.8. The summed E-state index contributed by atoms with van der Waals surface area (Å²) in [6, 6.07) is 9.41. The van der Waals surface area contributed by atoms with Crippen LogP contribution in [0.4, 0.5) is 0 Å². The van der Waals surface area contributed by atoms with Gasteiger partial charge in [-0.15, -0.1) is 0 Å². The van der Waals surface area contributed by atoms with E-state index in [1.165, 1.54) is 51.0 Å². The summed E-state index contributed by atoms with van der Waals surface area (Å²) in [7, 11) is -0.965. The molecule has 1 aromatic rings. The van der Waals surface area contributed by atoms with E-state index in [4.69, 9.17) is 9.47 Å². The first-order chi connectivity index (χ1) is 16.8. The Morgan fingerprint density at radius 1 is 0.886 bits per heavy atom. The molecular weight excluding hydrogens is 452 g/mol. The molecule has 0 amide bonds. The van der Waals surface area contributed by atoms with Crippen LogP contribution in [0.3, 0.4) is 0 Å². The molecule has 1 aliphatic rings. The maximum atomic E-state index is 11.5. The SMILES string of the molecule is CCCCCCCCOc1ccccc1C1(OCCCCCC[Si](C)(C)C)C=CC(C(=O)O)C=C1. The molecule has 2 rings (SSSR count). The van der Waals surface area contributed by atoms with E-state index in [-0.39, 0.29) is 0 Å². The zero-order chi connectivity index (χ0) is 25.6. The summed E-state index contributed by atoms with van der Waals surface area (Å²) in [5, 5.41) is 9.44. The second kappa shape index (κ2) is 15.3. The minimum absolute atomic E-state index is 0.621. The topological polar surface area (TPSA) is 55.8 Å². The Balaban J connectivity index is 2.01. The number of benzene rings is 1. The molecule has 0 aromatic heterocycles. The maximum Gasteiger partial charge on any atom is 0.314 e. The molecule has 0 saturated carbocycles. The van der Waals surface area contributed by atoms with Crippen LogP contribution < -0.4 is 4.74 Å². The van der Waals surface area contributed by atoms with Crippen LogP contribution in [-0.2, 0) is 15.1 Å². The van der Waals surface area contributed by atoms with Crippen molar-refractivity contribution >= 4 is 14.0 Å². The fourth-order valence-electron chi connectivity index (χ4n) is 4.46. The number of carbonyl (C=O) groups is 1. The normalized spacial score (nSPS) is 19.7. The lowest BCUT2D eigenvalue weighted by atomic mass is 9.85. The number of rotatable bonds is 18. The van der Waals surface area contributed by atoms with Gasteiger partial charge in [0.05, 0.1) is 12.5 Å². The zero-order valence-corrected chi connectivity index (χ0v) is 23.6. The van der Waals surface area contributed by atoms with Crippen molar-refractivity contribution in [2.24, 2.45) is 5.92 Å². The van der Waals surface area contributed by atoms with Crippen molar-refractivity contribution in [1.29, 1.82) is 0 Å². The highest BCUT2D eigenvalue weighted by Crippen LogP contribution is 2.39. The standard InChI is InChI=1S/C30H48O4Si/c1-5-6-7-8-9-14-23-33-28-18-13-12-17-27(28)30(21-19-26(20-22-30)29(31)32)34-24-15-10-11-16-25-35(2,3)4/h12-13,17-22,26H,5-11,14-16,23-25H2,1-4H3,(H,31,32). The highest BCUT2D eigenvalue weighted by molar-refractivity contribution is 6.76. The average Bonchev–Trinajstić information content (AvgIpc) is 2.82. The minimum Gasteiger partial charge on any atom is -0.493 e. The molecule has 0 spiro atoms. The fraction of sp³-hybridized carbons (Fsp3) is 0.633. The number of carboxylic acid groups (broad SMARTS) is 1. The quantitative estimate of drug-likeness (QED) is 0.125. The Labute approximate surface area is 214 Å². The van der Waals surface area contributed by atoms with Gasteiger partial charge in [-0.25, -0.2) is 0 Å². The summed E-state index contributed by atoms with van der Waals surface area (Å²) in [4.78, 5) is 11.5. The lowest BCUT2D eigenvalue weighted by molar-refractivity contribution is -0.138. The maximum absolute atomic E-state index is 11.5. The molecule has 0 aliphatic heterocycles. The smallest absolute Gasteiger partial charge is 0.314 e. The van der Waals surface area contributed by atoms with Crippen molar-refractivity contribution in [3.8, 4) is 5.75 Å². The summed E-state index contributed by atoms with van der Waals surface area (Å²) < 4.78 is 12.7. The van der Waals surface area contributed by atoms with Crippen molar-refractivity contribution in [1.82, 2.24) is 0 Å². The van der Waals surface area contributed by atoms with Crippen LogP contribution in [0.15, 0.2) is 48.6 Å². The number of hydrogen-bond acceptors (Lipinski definition) is 3. The minimum atomic E-state index is -0.965. The lowest BCUT2D eigenvalue weighted by Crippen LogP contribution is -2.30. The largest absolute Gasteiger partial charge is 0.493 e. The van der Waals surface area contributed by atoms with E-state index in [0.717, 1.165) is 30.6 Å². The summed E-state index contributed by atoms with van der Waals surface area (Å²) >= 11 is 0. The van der Waals surface area contributed by atoms with Crippen molar-refractivity contribution in [2.75, 3.05) is 13.2 Å².